The third kappa shape index (κ3) is 3.06. The highest BCUT2D eigenvalue weighted by molar-refractivity contribution is 6.51. The minimum Gasteiger partial charge on any atom is -0.507 e. The molecule has 146 valence electrons. The monoisotopic (exact) mass is 390 g/mol. The number of hydrogen-bond donors (Lipinski definition) is 2. The van der Waals surface area contributed by atoms with Gasteiger partial charge in [0, 0.05) is 18.0 Å². The topological polar surface area (TPSA) is 104 Å². The fraction of sp³-hybridized carbons (Fsp3) is 0.136. The van der Waals surface area contributed by atoms with Crippen molar-refractivity contribution in [1.29, 1.82) is 0 Å². The molecular formula is C22H18N2O5. The summed E-state index contributed by atoms with van der Waals surface area (Å²) in [4.78, 5) is 31.0. The molecule has 0 radical (unpaired) electrons. The molecule has 2 N–H and O–H groups in total. The minimum atomic E-state index is -1.02. The number of ketones is 1. The third-order valence-corrected chi connectivity index (χ3v) is 4.82. The zero-order valence-electron chi connectivity index (χ0n) is 15.8. The van der Waals surface area contributed by atoms with Crippen molar-refractivity contribution in [1.82, 2.24) is 4.98 Å². The first kappa shape index (κ1) is 18.5. The number of aliphatic hydroxyl groups is 1. The molecule has 0 bridgehead atoms. The van der Waals surface area contributed by atoms with Gasteiger partial charge in [0.15, 0.2) is 0 Å². The van der Waals surface area contributed by atoms with E-state index >= 15 is 0 Å². The van der Waals surface area contributed by atoms with Crippen molar-refractivity contribution in [3.63, 3.8) is 0 Å². The van der Waals surface area contributed by atoms with Crippen LogP contribution in [0.2, 0.25) is 0 Å². The second-order valence-electron chi connectivity index (χ2n) is 6.85. The van der Waals surface area contributed by atoms with Crippen molar-refractivity contribution in [3.8, 4) is 5.75 Å². The van der Waals surface area contributed by atoms with E-state index in [-0.39, 0.29) is 22.8 Å². The number of amides is 1. The van der Waals surface area contributed by atoms with E-state index in [9.17, 15) is 19.8 Å². The van der Waals surface area contributed by atoms with Gasteiger partial charge < -0.3 is 14.6 Å². The van der Waals surface area contributed by atoms with E-state index in [1.165, 1.54) is 30.6 Å². The highest BCUT2D eigenvalue weighted by Crippen LogP contribution is 2.45. The fourth-order valence-electron chi connectivity index (χ4n) is 3.44. The molecule has 29 heavy (non-hydrogen) atoms. The highest BCUT2D eigenvalue weighted by Gasteiger charge is 2.49. The van der Waals surface area contributed by atoms with Crippen LogP contribution >= 0.6 is 0 Å². The van der Waals surface area contributed by atoms with Gasteiger partial charge in [-0.3, -0.25) is 19.5 Å². The Kier molecular flexibility index (Phi) is 4.43. The predicted molar refractivity (Wildman–Crippen MR) is 105 cm³/mol. The number of nitrogens with zero attached hydrogens (tertiary/aromatic N) is 2. The molecule has 1 saturated heterocycles. The van der Waals surface area contributed by atoms with Gasteiger partial charge in [0.25, 0.3) is 11.7 Å². The van der Waals surface area contributed by atoms with E-state index in [2.05, 4.69) is 4.98 Å². The molecule has 2 aromatic heterocycles. The molecule has 0 spiro atoms. The summed E-state index contributed by atoms with van der Waals surface area (Å²) in [5.41, 5.74) is 1.19. The van der Waals surface area contributed by atoms with E-state index in [4.69, 9.17) is 4.42 Å². The van der Waals surface area contributed by atoms with Crippen LogP contribution in [0.1, 0.15) is 28.7 Å². The van der Waals surface area contributed by atoms with E-state index in [0.29, 0.717) is 17.1 Å². The van der Waals surface area contributed by atoms with Crippen LogP contribution in [0.15, 0.2) is 64.8 Å². The van der Waals surface area contributed by atoms with Crippen LogP contribution in [-0.2, 0) is 9.59 Å². The number of furan rings is 1. The number of benzene rings is 1. The number of anilines is 1. The first-order chi connectivity index (χ1) is 13.9. The van der Waals surface area contributed by atoms with Crippen LogP contribution in [0.25, 0.3) is 5.76 Å². The average Bonchev–Trinajstić information content (AvgIpc) is 3.25. The quantitative estimate of drug-likeness (QED) is 0.402. The molecule has 4 rings (SSSR count). The smallest absolute Gasteiger partial charge is 0.300 e. The Hall–Kier alpha value is -3.87. The number of rotatable bonds is 3. The van der Waals surface area contributed by atoms with Crippen molar-refractivity contribution >= 4 is 23.1 Å². The summed E-state index contributed by atoms with van der Waals surface area (Å²) < 4.78 is 5.72. The average molecular weight is 390 g/mol. The molecule has 7 nitrogen and oxygen atoms in total. The number of aromatic hydroxyl groups is 1. The number of aliphatic hydroxyl groups excluding tert-OH is 1. The zero-order valence-corrected chi connectivity index (χ0v) is 15.8. The molecule has 1 unspecified atom stereocenters. The van der Waals surface area contributed by atoms with Crippen LogP contribution in [0.3, 0.4) is 0 Å². The first-order valence-corrected chi connectivity index (χ1v) is 8.96. The molecule has 3 aromatic rings. The number of phenols is 1. The molecule has 1 fully saturated rings. The Labute approximate surface area is 166 Å². The number of aryl methyl sites for hydroxylation is 2. The Morgan fingerprint density at radius 2 is 1.79 bits per heavy atom. The standard InChI is InChI=1S/C22H18N2O5/c1-12-3-5-16(25)15(11-12)24-19(17-6-4-13(2)29-17)18(21(27)22(24)28)20(26)14-7-9-23-10-8-14/h3-11,19,25-26H,1-2H3/b20-18-. The number of hydrogen-bond acceptors (Lipinski definition) is 6. The highest BCUT2D eigenvalue weighted by atomic mass is 16.3. The van der Waals surface area contributed by atoms with Gasteiger partial charge in [-0.2, -0.15) is 0 Å². The molecular weight excluding hydrogens is 372 g/mol. The summed E-state index contributed by atoms with van der Waals surface area (Å²) in [7, 11) is 0. The zero-order chi connectivity index (χ0) is 20.7. The number of Topliss-reactive ketones (excluding diaryl/α,β-unsaturated/α-hetero) is 1. The number of phenolic OH excluding ortho intramolecular Hbond substituents is 1. The second kappa shape index (κ2) is 6.94. The fourth-order valence-corrected chi connectivity index (χ4v) is 3.44. The molecule has 1 aliphatic heterocycles. The van der Waals surface area contributed by atoms with Crippen molar-refractivity contribution in [3.05, 3.63) is 83.1 Å². The van der Waals surface area contributed by atoms with Crippen molar-refractivity contribution in [2.75, 3.05) is 4.90 Å². The largest absolute Gasteiger partial charge is 0.507 e. The summed E-state index contributed by atoms with van der Waals surface area (Å²) in [6, 6.07) is 10.2. The normalized spacial score (nSPS) is 18.4. The van der Waals surface area contributed by atoms with Crippen LogP contribution in [0.5, 0.6) is 5.75 Å². The van der Waals surface area contributed by atoms with Gasteiger partial charge >= 0.3 is 0 Å². The summed E-state index contributed by atoms with van der Waals surface area (Å²) >= 11 is 0. The van der Waals surface area contributed by atoms with E-state index < -0.39 is 17.7 Å². The van der Waals surface area contributed by atoms with Crippen molar-refractivity contribution < 1.29 is 24.2 Å². The Morgan fingerprint density at radius 3 is 2.45 bits per heavy atom. The van der Waals surface area contributed by atoms with Gasteiger partial charge in [0.2, 0.25) is 0 Å². The Bertz CT molecular complexity index is 1150. The Morgan fingerprint density at radius 1 is 1.07 bits per heavy atom. The van der Waals surface area contributed by atoms with Crippen LogP contribution in [0.4, 0.5) is 5.69 Å². The summed E-state index contributed by atoms with van der Waals surface area (Å²) in [5, 5.41) is 21.3. The summed E-state index contributed by atoms with van der Waals surface area (Å²) in [6.07, 6.45) is 2.95. The van der Waals surface area contributed by atoms with Crippen LogP contribution in [0, 0.1) is 13.8 Å². The van der Waals surface area contributed by atoms with Gasteiger partial charge in [0.1, 0.15) is 29.1 Å². The van der Waals surface area contributed by atoms with Gasteiger partial charge in [-0.25, -0.2) is 0 Å². The lowest BCUT2D eigenvalue weighted by molar-refractivity contribution is -0.132. The number of carbonyl (C=O) groups excluding carboxylic acids is 2. The lowest BCUT2D eigenvalue weighted by Gasteiger charge is -2.24. The first-order valence-electron chi connectivity index (χ1n) is 8.96. The number of aromatic nitrogens is 1. The van der Waals surface area contributed by atoms with Gasteiger partial charge in [-0.15, -0.1) is 0 Å². The summed E-state index contributed by atoms with van der Waals surface area (Å²) in [6.45, 7) is 3.55. The molecule has 1 amide bonds. The van der Waals surface area contributed by atoms with Crippen molar-refractivity contribution in [2.24, 2.45) is 0 Å². The molecule has 1 aliphatic rings. The van der Waals surface area contributed by atoms with E-state index in [1.54, 1.807) is 31.2 Å². The minimum absolute atomic E-state index is 0.114. The lowest BCUT2D eigenvalue weighted by Crippen LogP contribution is -2.29. The maximum absolute atomic E-state index is 13.0. The predicted octanol–water partition coefficient (Wildman–Crippen LogP) is 3.62. The molecule has 3 heterocycles. The molecule has 0 aliphatic carbocycles. The third-order valence-electron chi connectivity index (χ3n) is 4.82. The van der Waals surface area contributed by atoms with Crippen molar-refractivity contribution in [2.45, 2.75) is 19.9 Å². The van der Waals surface area contributed by atoms with Gasteiger partial charge in [-0.1, -0.05) is 6.07 Å². The van der Waals surface area contributed by atoms with Crippen LogP contribution in [-0.4, -0.2) is 26.9 Å². The van der Waals surface area contributed by atoms with Crippen LogP contribution < -0.4 is 4.90 Å². The number of carbonyl (C=O) groups is 2. The molecule has 0 saturated carbocycles. The maximum atomic E-state index is 13.0. The SMILES string of the molecule is Cc1ccc(O)c(N2C(=O)C(=O)/C(=C(\O)c3ccncc3)C2c2ccc(C)o2)c1. The molecule has 1 aromatic carbocycles. The number of pyridine rings is 1. The van der Waals surface area contributed by atoms with Gasteiger partial charge in [0.05, 0.1) is 11.3 Å². The van der Waals surface area contributed by atoms with E-state index in [0.717, 1.165) is 10.5 Å². The van der Waals surface area contributed by atoms with E-state index in [1.807, 2.05) is 6.92 Å². The molecule has 7 heteroatoms. The van der Waals surface area contributed by atoms with Gasteiger partial charge in [-0.05, 0) is 55.8 Å². The molecule has 1 atom stereocenters. The Balaban J connectivity index is 1.98. The second-order valence-corrected chi connectivity index (χ2v) is 6.85. The summed E-state index contributed by atoms with van der Waals surface area (Å²) in [5.74, 6) is -1.32. The lowest BCUT2D eigenvalue weighted by atomic mass is 9.99. The maximum Gasteiger partial charge on any atom is 0.300 e.